The van der Waals surface area contributed by atoms with Gasteiger partial charge in [0.05, 0.1) is 17.6 Å². The van der Waals surface area contributed by atoms with Crippen molar-refractivity contribution in [2.24, 2.45) is 0 Å². The van der Waals surface area contributed by atoms with Gasteiger partial charge < -0.3 is 0 Å². The van der Waals surface area contributed by atoms with Crippen LogP contribution in [0.4, 0.5) is 0 Å². The number of hydrogen-bond donors (Lipinski definition) is 1. The molecule has 1 aromatic carbocycles. The number of rotatable bonds is 2. The Morgan fingerprint density at radius 2 is 1.94 bits per heavy atom. The maximum Gasteiger partial charge on any atom is 0.271 e. The average molecular weight is 238 g/mol. The van der Waals surface area contributed by atoms with Gasteiger partial charge in [0.15, 0.2) is 0 Å². The van der Waals surface area contributed by atoms with E-state index in [2.05, 4.69) is 15.1 Å². The highest BCUT2D eigenvalue weighted by Gasteiger charge is 2.07. The SMILES string of the molecule is O=c1cc(-c2cnccn2)[nH]n1-c1ccccc1. The summed E-state index contributed by atoms with van der Waals surface area (Å²) in [6.07, 6.45) is 4.80. The van der Waals surface area contributed by atoms with E-state index < -0.39 is 0 Å². The van der Waals surface area contributed by atoms with Crippen LogP contribution in [0, 0.1) is 0 Å². The van der Waals surface area contributed by atoms with Crippen molar-refractivity contribution in [1.82, 2.24) is 19.7 Å². The molecule has 0 saturated carbocycles. The number of nitrogens with one attached hydrogen (secondary N) is 1. The molecule has 0 unspecified atom stereocenters. The molecule has 2 aromatic heterocycles. The fourth-order valence-electron chi connectivity index (χ4n) is 1.73. The quantitative estimate of drug-likeness (QED) is 0.738. The molecule has 0 aliphatic heterocycles. The van der Waals surface area contributed by atoms with Gasteiger partial charge in [0, 0.05) is 18.5 Å². The van der Waals surface area contributed by atoms with E-state index in [0.717, 1.165) is 5.69 Å². The summed E-state index contributed by atoms with van der Waals surface area (Å²) in [6, 6.07) is 10.9. The summed E-state index contributed by atoms with van der Waals surface area (Å²) < 4.78 is 1.48. The van der Waals surface area contributed by atoms with Crippen molar-refractivity contribution < 1.29 is 0 Å². The van der Waals surface area contributed by atoms with Crippen LogP contribution in [0.3, 0.4) is 0 Å². The Labute approximate surface area is 103 Å². The molecular formula is C13H10N4O. The van der Waals surface area contributed by atoms with Crippen LogP contribution in [-0.4, -0.2) is 19.7 Å². The van der Waals surface area contributed by atoms with Crippen molar-refractivity contribution in [1.29, 1.82) is 0 Å². The van der Waals surface area contributed by atoms with E-state index in [9.17, 15) is 4.79 Å². The number of hydrogen-bond acceptors (Lipinski definition) is 3. The number of aromatic nitrogens is 4. The molecule has 0 aliphatic carbocycles. The van der Waals surface area contributed by atoms with E-state index in [4.69, 9.17) is 0 Å². The van der Waals surface area contributed by atoms with Crippen molar-refractivity contribution in [2.45, 2.75) is 0 Å². The second-order valence-corrected chi connectivity index (χ2v) is 3.77. The lowest BCUT2D eigenvalue weighted by Gasteiger charge is -2.00. The molecule has 0 saturated heterocycles. The van der Waals surface area contributed by atoms with Crippen LogP contribution in [-0.2, 0) is 0 Å². The molecule has 1 N–H and O–H groups in total. The van der Waals surface area contributed by atoms with E-state index in [1.54, 1.807) is 18.6 Å². The summed E-state index contributed by atoms with van der Waals surface area (Å²) in [7, 11) is 0. The van der Waals surface area contributed by atoms with Crippen molar-refractivity contribution in [3.05, 3.63) is 65.3 Å². The minimum atomic E-state index is -0.123. The second kappa shape index (κ2) is 4.29. The predicted molar refractivity (Wildman–Crippen MR) is 67.4 cm³/mol. The Bertz CT molecular complexity index is 701. The first-order valence-corrected chi connectivity index (χ1v) is 5.48. The smallest absolute Gasteiger partial charge is 0.271 e. The summed E-state index contributed by atoms with van der Waals surface area (Å²) in [4.78, 5) is 20.0. The third-order valence-corrected chi connectivity index (χ3v) is 2.57. The minimum absolute atomic E-state index is 0.123. The van der Waals surface area contributed by atoms with Crippen molar-refractivity contribution in [3.8, 4) is 17.1 Å². The molecule has 0 amide bonds. The van der Waals surface area contributed by atoms with E-state index in [0.29, 0.717) is 11.4 Å². The Morgan fingerprint density at radius 3 is 2.67 bits per heavy atom. The van der Waals surface area contributed by atoms with Gasteiger partial charge in [-0.25, -0.2) is 4.68 Å². The highest BCUT2D eigenvalue weighted by molar-refractivity contribution is 5.52. The molecule has 3 rings (SSSR count). The fraction of sp³-hybridized carbons (Fsp3) is 0. The van der Waals surface area contributed by atoms with Gasteiger partial charge in [-0.15, -0.1) is 0 Å². The van der Waals surface area contributed by atoms with Crippen LogP contribution in [0.2, 0.25) is 0 Å². The minimum Gasteiger partial charge on any atom is -0.289 e. The summed E-state index contributed by atoms with van der Waals surface area (Å²) in [5, 5.41) is 3.02. The average Bonchev–Trinajstić information content (AvgIpc) is 2.83. The summed E-state index contributed by atoms with van der Waals surface area (Å²) in [5.41, 5.74) is 1.96. The van der Waals surface area contributed by atoms with E-state index >= 15 is 0 Å². The van der Waals surface area contributed by atoms with Gasteiger partial charge in [-0.2, -0.15) is 0 Å². The van der Waals surface area contributed by atoms with Gasteiger partial charge in [-0.1, -0.05) is 18.2 Å². The zero-order valence-corrected chi connectivity index (χ0v) is 9.45. The molecule has 0 atom stereocenters. The van der Waals surface area contributed by atoms with E-state index in [1.807, 2.05) is 30.3 Å². The van der Waals surface area contributed by atoms with Crippen molar-refractivity contribution in [2.75, 3.05) is 0 Å². The van der Waals surface area contributed by atoms with Crippen molar-refractivity contribution >= 4 is 0 Å². The zero-order valence-electron chi connectivity index (χ0n) is 9.45. The predicted octanol–water partition coefficient (Wildman–Crippen LogP) is 1.62. The monoisotopic (exact) mass is 238 g/mol. The fourth-order valence-corrected chi connectivity index (χ4v) is 1.73. The normalized spacial score (nSPS) is 10.4. The number of aromatic amines is 1. The number of benzene rings is 1. The summed E-state index contributed by atoms with van der Waals surface area (Å²) in [5.74, 6) is 0. The maximum atomic E-state index is 11.9. The first-order valence-electron chi connectivity index (χ1n) is 5.48. The Balaban J connectivity index is 2.10. The molecule has 0 spiro atoms. The zero-order chi connectivity index (χ0) is 12.4. The van der Waals surface area contributed by atoms with Crippen LogP contribution in [0.5, 0.6) is 0 Å². The topological polar surface area (TPSA) is 63.6 Å². The van der Waals surface area contributed by atoms with Gasteiger partial charge in [0.1, 0.15) is 5.69 Å². The second-order valence-electron chi connectivity index (χ2n) is 3.77. The molecular weight excluding hydrogens is 228 g/mol. The molecule has 0 bridgehead atoms. The third-order valence-electron chi connectivity index (χ3n) is 2.57. The Hall–Kier alpha value is -2.69. The van der Waals surface area contributed by atoms with E-state index in [1.165, 1.54) is 10.7 Å². The highest BCUT2D eigenvalue weighted by Crippen LogP contribution is 2.11. The molecule has 5 heteroatoms. The van der Waals surface area contributed by atoms with E-state index in [-0.39, 0.29) is 5.56 Å². The Morgan fingerprint density at radius 1 is 1.11 bits per heavy atom. The highest BCUT2D eigenvalue weighted by atomic mass is 16.1. The van der Waals surface area contributed by atoms with Gasteiger partial charge in [-0.05, 0) is 12.1 Å². The van der Waals surface area contributed by atoms with Crippen LogP contribution in [0.25, 0.3) is 17.1 Å². The van der Waals surface area contributed by atoms with Gasteiger partial charge in [0.25, 0.3) is 5.56 Å². The molecule has 88 valence electrons. The first-order chi connectivity index (χ1) is 8.84. The van der Waals surface area contributed by atoms with Gasteiger partial charge >= 0.3 is 0 Å². The van der Waals surface area contributed by atoms with Gasteiger partial charge in [-0.3, -0.25) is 19.9 Å². The first kappa shape index (κ1) is 10.5. The standard InChI is InChI=1S/C13H10N4O/c18-13-8-11(12-9-14-6-7-15-12)16-17(13)10-4-2-1-3-5-10/h1-9,16H. The van der Waals surface area contributed by atoms with Crippen LogP contribution in [0.15, 0.2) is 59.8 Å². The molecule has 5 nitrogen and oxygen atoms in total. The number of nitrogens with zero attached hydrogens (tertiary/aromatic N) is 3. The Kier molecular flexibility index (Phi) is 2.49. The molecule has 0 aliphatic rings. The molecule has 2 heterocycles. The number of H-pyrrole nitrogens is 1. The molecule has 0 fully saturated rings. The van der Waals surface area contributed by atoms with Crippen LogP contribution < -0.4 is 5.56 Å². The molecule has 0 radical (unpaired) electrons. The van der Waals surface area contributed by atoms with Crippen molar-refractivity contribution in [3.63, 3.8) is 0 Å². The number of para-hydroxylation sites is 1. The lowest BCUT2D eigenvalue weighted by Crippen LogP contribution is -2.12. The third kappa shape index (κ3) is 1.82. The summed E-state index contributed by atoms with van der Waals surface area (Å²) in [6.45, 7) is 0. The van der Waals surface area contributed by atoms with Crippen LogP contribution >= 0.6 is 0 Å². The van der Waals surface area contributed by atoms with Crippen LogP contribution in [0.1, 0.15) is 0 Å². The summed E-state index contributed by atoms with van der Waals surface area (Å²) >= 11 is 0. The lowest BCUT2D eigenvalue weighted by atomic mass is 10.3. The lowest BCUT2D eigenvalue weighted by molar-refractivity contribution is 0.851. The maximum absolute atomic E-state index is 11.9. The van der Waals surface area contributed by atoms with Gasteiger partial charge in [0.2, 0.25) is 0 Å². The molecule has 3 aromatic rings. The molecule has 18 heavy (non-hydrogen) atoms. The largest absolute Gasteiger partial charge is 0.289 e.